The van der Waals surface area contributed by atoms with Crippen LogP contribution < -0.4 is 5.32 Å². The minimum Gasteiger partial charge on any atom is -0.370 e. The Morgan fingerprint density at radius 1 is 0.926 bits per heavy atom. The van der Waals surface area contributed by atoms with Gasteiger partial charge in [-0.3, -0.25) is 9.97 Å². The smallest absolute Gasteiger partial charge is 0.259 e. The molecule has 1 N–H and O–H groups in total. The van der Waals surface area contributed by atoms with Crippen LogP contribution in [0.5, 0.6) is 0 Å². The number of hydrogen-bond acceptors (Lipinski definition) is 7. The van der Waals surface area contributed by atoms with Crippen LogP contribution in [-0.4, -0.2) is 31.6 Å². The summed E-state index contributed by atoms with van der Waals surface area (Å²) in [5.74, 6) is 1.91. The fraction of sp³-hybridized carbons (Fsp3) is 0.150. The third-order valence-electron chi connectivity index (χ3n) is 3.99. The van der Waals surface area contributed by atoms with Crippen molar-refractivity contribution in [2.45, 2.75) is 12.8 Å². The summed E-state index contributed by atoms with van der Waals surface area (Å²) in [5, 5.41) is 7.32. The van der Waals surface area contributed by atoms with E-state index in [2.05, 4.69) is 30.4 Å². The number of rotatable bonds is 7. The summed E-state index contributed by atoms with van der Waals surface area (Å²) in [6.45, 7) is 0.729. The van der Waals surface area contributed by atoms with Crippen molar-refractivity contribution in [2.75, 3.05) is 11.9 Å². The molecule has 1 aromatic carbocycles. The van der Waals surface area contributed by atoms with Gasteiger partial charge < -0.3 is 9.84 Å². The van der Waals surface area contributed by atoms with E-state index < -0.39 is 0 Å². The van der Waals surface area contributed by atoms with Gasteiger partial charge in [0.15, 0.2) is 5.82 Å². The van der Waals surface area contributed by atoms with E-state index in [0.717, 1.165) is 35.6 Å². The standard InChI is InChI=1S/C20H18N6O/c1-2-4-15(5-3-1)12-19-25-20(27-26-19)16-6-7-18(24-13-16)23-9-8-17-14-21-10-11-22-17/h1-7,10-11,13-14H,8-9,12H2,(H,23,24). The lowest BCUT2D eigenvalue weighted by Gasteiger charge is -2.05. The average Bonchev–Trinajstić information content (AvgIpc) is 3.19. The molecular formula is C20H18N6O. The molecule has 0 saturated carbocycles. The van der Waals surface area contributed by atoms with Crippen molar-refractivity contribution in [3.8, 4) is 11.5 Å². The van der Waals surface area contributed by atoms with Crippen molar-refractivity contribution in [3.63, 3.8) is 0 Å². The van der Waals surface area contributed by atoms with E-state index in [1.165, 1.54) is 0 Å². The molecule has 4 aromatic rings. The Morgan fingerprint density at radius 3 is 2.63 bits per heavy atom. The molecule has 3 aromatic heterocycles. The maximum atomic E-state index is 5.37. The van der Waals surface area contributed by atoms with Gasteiger partial charge in [-0.1, -0.05) is 35.5 Å². The molecule has 0 radical (unpaired) electrons. The van der Waals surface area contributed by atoms with Gasteiger partial charge in [0.2, 0.25) is 0 Å². The molecule has 4 rings (SSSR count). The molecule has 0 aliphatic carbocycles. The second kappa shape index (κ2) is 8.18. The van der Waals surface area contributed by atoms with E-state index >= 15 is 0 Å². The predicted octanol–water partition coefficient (Wildman–Crippen LogP) is 3.17. The minimum atomic E-state index is 0.472. The topological polar surface area (TPSA) is 89.6 Å². The zero-order valence-electron chi connectivity index (χ0n) is 14.6. The van der Waals surface area contributed by atoms with E-state index in [1.54, 1.807) is 24.8 Å². The number of anilines is 1. The number of nitrogens with one attached hydrogen (secondary N) is 1. The molecule has 3 heterocycles. The summed E-state index contributed by atoms with van der Waals surface area (Å²) in [5.41, 5.74) is 2.88. The molecule has 0 unspecified atom stereocenters. The monoisotopic (exact) mass is 358 g/mol. The van der Waals surface area contributed by atoms with Crippen LogP contribution in [0.3, 0.4) is 0 Å². The van der Waals surface area contributed by atoms with Crippen LogP contribution in [0.25, 0.3) is 11.5 Å². The molecule has 0 fully saturated rings. The number of hydrogen-bond donors (Lipinski definition) is 1. The Labute approximate surface area is 156 Å². The third-order valence-corrected chi connectivity index (χ3v) is 3.99. The summed E-state index contributed by atoms with van der Waals surface area (Å²) in [6, 6.07) is 13.9. The quantitative estimate of drug-likeness (QED) is 0.543. The van der Waals surface area contributed by atoms with Crippen molar-refractivity contribution in [3.05, 3.63) is 84.3 Å². The van der Waals surface area contributed by atoms with Gasteiger partial charge in [-0.05, 0) is 17.7 Å². The van der Waals surface area contributed by atoms with Crippen LogP contribution >= 0.6 is 0 Å². The van der Waals surface area contributed by atoms with E-state index in [0.29, 0.717) is 18.1 Å². The molecule has 134 valence electrons. The van der Waals surface area contributed by atoms with Gasteiger partial charge in [-0.15, -0.1) is 0 Å². The number of benzene rings is 1. The lowest BCUT2D eigenvalue weighted by atomic mass is 10.1. The molecule has 0 saturated heterocycles. The lowest BCUT2D eigenvalue weighted by Crippen LogP contribution is -2.07. The molecule has 0 aliphatic heterocycles. The fourth-order valence-electron chi connectivity index (χ4n) is 2.62. The van der Waals surface area contributed by atoms with Crippen LogP contribution in [0.4, 0.5) is 5.82 Å². The van der Waals surface area contributed by atoms with Crippen molar-refractivity contribution in [1.29, 1.82) is 0 Å². The summed E-state index contributed by atoms with van der Waals surface area (Å²) in [6.07, 6.45) is 8.27. The number of nitrogens with zero attached hydrogens (tertiary/aromatic N) is 5. The van der Waals surface area contributed by atoms with Crippen molar-refractivity contribution in [1.82, 2.24) is 25.1 Å². The molecule has 27 heavy (non-hydrogen) atoms. The van der Waals surface area contributed by atoms with Gasteiger partial charge in [0.1, 0.15) is 5.82 Å². The highest BCUT2D eigenvalue weighted by atomic mass is 16.5. The molecule has 7 heteroatoms. The van der Waals surface area contributed by atoms with E-state index in [1.807, 2.05) is 42.5 Å². The Kier molecular flexibility index (Phi) is 5.10. The predicted molar refractivity (Wildman–Crippen MR) is 101 cm³/mol. The summed E-state index contributed by atoms with van der Waals surface area (Å²) in [7, 11) is 0. The first-order chi connectivity index (χ1) is 13.4. The zero-order chi connectivity index (χ0) is 18.3. The van der Waals surface area contributed by atoms with Gasteiger partial charge in [0.25, 0.3) is 5.89 Å². The molecule has 0 atom stereocenters. The first-order valence-electron chi connectivity index (χ1n) is 8.68. The minimum absolute atomic E-state index is 0.472. The second-order valence-electron chi connectivity index (χ2n) is 5.98. The van der Waals surface area contributed by atoms with Gasteiger partial charge in [0, 0.05) is 44.2 Å². The normalized spacial score (nSPS) is 10.7. The third kappa shape index (κ3) is 4.52. The average molecular weight is 358 g/mol. The van der Waals surface area contributed by atoms with Gasteiger partial charge in [0.05, 0.1) is 11.3 Å². The van der Waals surface area contributed by atoms with Gasteiger partial charge in [-0.25, -0.2) is 4.98 Å². The molecule has 0 bridgehead atoms. The first-order valence-corrected chi connectivity index (χ1v) is 8.68. The van der Waals surface area contributed by atoms with Gasteiger partial charge >= 0.3 is 0 Å². The van der Waals surface area contributed by atoms with Crippen LogP contribution in [0.15, 0.2) is 71.8 Å². The SMILES string of the molecule is c1ccc(Cc2noc(-c3ccc(NCCc4cnccn4)nc3)n2)cc1. The van der Waals surface area contributed by atoms with Crippen LogP contribution in [0, 0.1) is 0 Å². The zero-order valence-corrected chi connectivity index (χ0v) is 14.6. The van der Waals surface area contributed by atoms with Crippen LogP contribution in [0.1, 0.15) is 17.1 Å². The second-order valence-corrected chi connectivity index (χ2v) is 5.98. The first kappa shape index (κ1) is 16.8. The fourth-order valence-corrected chi connectivity index (χ4v) is 2.62. The van der Waals surface area contributed by atoms with Crippen molar-refractivity contribution >= 4 is 5.82 Å². The van der Waals surface area contributed by atoms with Crippen molar-refractivity contribution < 1.29 is 4.52 Å². The molecule has 0 spiro atoms. The largest absolute Gasteiger partial charge is 0.370 e. The maximum absolute atomic E-state index is 5.37. The highest BCUT2D eigenvalue weighted by Gasteiger charge is 2.10. The number of pyridine rings is 1. The van der Waals surface area contributed by atoms with Crippen molar-refractivity contribution in [2.24, 2.45) is 0 Å². The van der Waals surface area contributed by atoms with E-state index in [4.69, 9.17) is 4.52 Å². The molecule has 7 nitrogen and oxygen atoms in total. The van der Waals surface area contributed by atoms with Crippen LogP contribution in [-0.2, 0) is 12.8 Å². The number of aromatic nitrogens is 5. The highest BCUT2D eigenvalue weighted by Crippen LogP contribution is 2.18. The Morgan fingerprint density at radius 2 is 1.85 bits per heavy atom. The van der Waals surface area contributed by atoms with Crippen LogP contribution in [0.2, 0.25) is 0 Å². The molecule has 0 amide bonds. The molecular weight excluding hydrogens is 340 g/mol. The maximum Gasteiger partial charge on any atom is 0.259 e. The Balaban J connectivity index is 1.35. The van der Waals surface area contributed by atoms with E-state index in [9.17, 15) is 0 Å². The summed E-state index contributed by atoms with van der Waals surface area (Å²) < 4.78 is 5.37. The van der Waals surface area contributed by atoms with Gasteiger partial charge in [-0.2, -0.15) is 4.98 Å². The Bertz CT molecular complexity index is 970. The summed E-state index contributed by atoms with van der Waals surface area (Å²) in [4.78, 5) is 17.2. The Hall–Kier alpha value is -3.61. The summed E-state index contributed by atoms with van der Waals surface area (Å²) >= 11 is 0. The lowest BCUT2D eigenvalue weighted by molar-refractivity contribution is 0.424. The highest BCUT2D eigenvalue weighted by molar-refractivity contribution is 5.54. The molecule has 0 aliphatic rings. The van der Waals surface area contributed by atoms with E-state index in [-0.39, 0.29) is 0 Å².